The first kappa shape index (κ1) is 34.1. The minimum atomic E-state index is -0.0845. The number of hydrogen-bond acceptors (Lipinski definition) is 1. The van der Waals surface area contributed by atoms with Gasteiger partial charge >= 0.3 is 0 Å². The minimum Gasteiger partial charge on any atom is -0.309 e. The summed E-state index contributed by atoms with van der Waals surface area (Å²) in [5.74, 6) is 0. The minimum absolute atomic E-state index is 0.0845. The first-order valence-corrected chi connectivity index (χ1v) is 20.3. The highest BCUT2D eigenvalue weighted by Gasteiger charge is 2.36. The van der Waals surface area contributed by atoms with Crippen LogP contribution in [0.25, 0.3) is 76.8 Å². The third-order valence-corrected chi connectivity index (χ3v) is 12.4. The Morgan fingerprint density at radius 3 is 1.53 bits per heavy atom. The summed E-state index contributed by atoms with van der Waals surface area (Å²) in [4.78, 5) is 2.52. The summed E-state index contributed by atoms with van der Waals surface area (Å²) in [6.45, 7) is 4.71. The number of anilines is 3. The fraction of sp³-hybridized carbons (Fsp3) is 0.0526. The smallest absolute Gasteiger partial charge is 0.0624 e. The number of benzene rings is 10. The number of hydrogen-bond donors (Lipinski definition) is 0. The summed E-state index contributed by atoms with van der Waals surface area (Å²) in [5, 5.41) is 7.46. The molecule has 0 saturated heterocycles. The van der Waals surface area contributed by atoms with E-state index in [1.165, 1.54) is 93.6 Å². The van der Waals surface area contributed by atoms with Gasteiger partial charge in [-0.15, -0.1) is 0 Å². The van der Waals surface area contributed by atoms with E-state index in [0.717, 1.165) is 11.4 Å². The number of rotatable bonds is 6. The molecule has 0 bridgehead atoms. The molecule has 10 aromatic rings. The van der Waals surface area contributed by atoms with Gasteiger partial charge in [0.25, 0.3) is 0 Å². The van der Waals surface area contributed by atoms with Gasteiger partial charge in [0, 0.05) is 27.7 Å². The predicted molar refractivity (Wildman–Crippen MR) is 248 cm³/mol. The molecule has 0 unspecified atom stereocenters. The highest BCUT2D eigenvalue weighted by atomic mass is 15.1. The van der Waals surface area contributed by atoms with E-state index >= 15 is 0 Å². The standard InChI is InChI=1S/C57H41N/c1-57(2)52-30-14-13-25-48(52)51-37-43(35-36-53(51)57)58(56-50-27-12-10-24-47(50)46-23-9-11-26-49(46)55(56)41-19-7-4-8-20-41)42-33-31-39(32-34-42)45-29-16-22-40-21-15-28-44(54(40)45)38-17-5-3-6-18-38/h3-37H,1-2H3. The summed E-state index contributed by atoms with van der Waals surface area (Å²) in [6, 6.07) is 78.2. The first-order chi connectivity index (χ1) is 28.6. The van der Waals surface area contributed by atoms with Crippen LogP contribution in [-0.2, 0) is 5.41 Å². The number of nitrogens with zero attached hydrogens (tertiary/aromatic N) is 1. The van der Waals surface area contributed by atoms with Gasteiger partial charge in [0.2, 0.25) is 0 Å². The molecule has 0 spiro atoms. The van der Waals surface area contributed by atoms with Crippen LogP contribution in [0.3, 0.4) is 0 Å². The quantitative estimate of drug-likeness (QED) is 0.154. The van der Waals surface area contributed by atoms with Gasteiger partial charge in [-0.3, -0.25) is 0 Å². The summed E-state index contributed by atoms with van der Waals surface area (Å²) in [6.07, 6.45) is 0. The van der Waals surface area contributed by atoms with Crippen molar-refractivity contribution < 1.29 is 0 Å². The molecular weight excluding hydrogens is 699 g/mol. The Balaban J connectivity index is 1.19. The maximum Gasteiger partial charge on any atom is 0.0624 e. The van der Waals surface area contributed by atoms with Crippen molar-refractivity contribution in [2.24, 2.45) is 0 Å². The molecule has 58 heavy (non-hydrogen) atoms. The van der Waals surface area contributed by atoms with Crippen LogP contribution in [-0.4, -0.2) is 0 Å². The average Bonchev–Trinajstić information content (AvgIpc) is 3.52. The van der Waals surface area contributed by atoms with Gasteiger partial charge in [0.05, 0.1) is 5.69 Å². The molecule has 0 aromatic heterocycles. The van der Waals surface area contributed by atoms with E-state index in [1.807, 2.05) is 0 Å². The van der Waals surface area contributed by atoms with Gasteiger partial charge in [-0.05, 0) is 101 Å². The molecule has 0 N–H and O–H groups in total. The van der Waals surface area contributed by atoms with Gasteiger partial charge in [-0.2, -0.15) is 0 Å². The van der Waals surface area contributed by atoms with E-state index < -0.39 is 0 Å². The molecule has 0 amide bonds. The second-order valence-corrected chi connectivity index (χ2v) is 16.0. The monoisotopic (exact) mass is 739 g/mol. The van der Waals surface area contributed by atoms with Crippen molar-refractivity contribution >= 4 is 49.4 Å². The van der Waals surface area contributed by atoms with Crippen LogP contribution in [0.1, 0.15) is 25.0 Å². The fourth-order valence-electron chi connectivity index (χ4n) is 9.74. The lowest BCUT2D eigenvalue weighted by Crippen LogP contribution is -2.16. The predicted octanol–water partition coefficient (Wildman–Crippen LogP) is 15.9. The molecule has 1 aliphatic carbocycles. The zero-order valence-corrected chi connectivity index (χ0v) is 32.7. The van der Waals surface area contributed by atoms with Crippen molar-refractivity contribution in [1.82, 2.24) is 0 Å². The molecule has 10 aromatic carbocycles. The van der Waals surface area contributed by atoms with Crippen LogP contribution in [0.5, 0.6) is 0 Å². The molecule has 0 saturated carbocycles. The molecule has 0 atom stereocenters. The molecule has 11 rings (SSSR count). The van der Waals surface area contributed by atoms with Crippen molar-refractivity contribution in [2.45, 2.75) is 19.3 Å². The third-order valence-electron chi connectivity index (χ3n) is 12.4. The van der Waals surface area contributed by atoms with Crippen molar-refractivity contribution in [3.63, 3.8) is 0 Å². The highest BCUT2D eigenvalue weighted by Crippen LogP contribution is 2.53. The topological polar surface area (TPSA) is 3.24 Å². The lowest BCUT2D eigenvalue weighted by molar-refractivity contribution is 0.660. The van der Waals surface area contributed by atoms with Crippen LogP contribution >= 0.6 is 0 Å². The maximum atomic E-state index is 2.52. The van der Waals surface area contributed by atoms with Crippen molar-refractivity contribution in [1.29, 1.82) is 0 Å². The molecule has 1 heteroatoms. The summed E-state index contributed by atoms with van der Waals surface area (Å²) in [7, 11) is 0. The van der Waals surface area contributed by atoms with Crippen LogP contribution in [0.4, 0.5) is 17.1 Å². The van der Waals surface area contributed by atoms with E-state index in [2.05, 4.69) is 231 Å². The van der Waals surface area contributed by atoms with Crippen LogP contribution in [0, 0.1) is 0 Å². The van der Waals surface area contributed by atoms with Crippen molar-refractivity contribution in [3.05, 3.63) is 223 Å². The molecule has 0 radical (unpaired) electrons. The maximum absolute atomic E-state index is 2.52. The van der Waals surface area contributed by atoms with Gasteiger partial charge in [-0.25, -0.2) is 0 Å². The van der Waals surface area contributed by atoms with E-state index in [1.54, 1.807) is 0 Å². The molecular formula is C57H41N. The third kappa shape index (κ3) is 5.31. The zero-order valence-electron chi connectivity index (χ0n) is 32.7. The fourth-order valence-corrected chi connectivity index (χ4v) is 9.74. The normalized spacial score (nSPS) is 12.8. The zero-order chi connectivity index (χ0) is 38.8. The van der Waals surface area contributed by atoms with Gasteiger partial charge in [-0.1, -0.05) is 202 Å². The highest BCUT2D eigenvalue weighted by molar-refractivity contribution is 6.22. The molecule has 0 aliphatic heterocycles. The Morgan fingerprint density at radius 2 is 0.845 bits per heavy atom. The lowest BCUT2D eigenvalue weighted by Gasteiger charge is -2.31. The van der Waals surface area contributed by atoms with Gasteiger partial charge < -0.3 is 4.90 Å². The Hall–Kier alpha value is -7.22. The molecule has 274 valence electrons. The lowest BCUT2D eigenvalue weighted by atomic mass is 9.82. The molecule has 0 heterocycles. The Labute approximate surface area is 340 Å². The van der Waals surface area contributed by atoms with E-state index in [9.17, 15) is 0 Å². The second-order valence-electron chi connectivity index (χ2n) is 16.0. The van der Waals surface area contributed by atoms with Crippen LogP contribution in [0.2, 0.25) is 0 Å². The Bertz CT molecular complexity index is 3170. The summed E-state index contributed by atoms with van der Waals surface area (Å²) < 4.78 is 0. The Morgan fingerprint density at radius 1 is 0.345 bits per heavy atom. The average molecular weight is 740 g/mol. The largest absolute Gasteiger partial charge is 0.309 e. The molecule has 0 fully saturated rings. The second kappa shape index (κ2) is 13.5. The van der Waals surface area contributed by atoms with Crippen LogP contribution < -0.4 is 4.90 Å². The summed E-state index contributed by atoms with van der Waals surface area (Å²) in [5.41, 5.74) is 16.0. The van der Waals surface area contributed by atoms with Crippen molar-refractivity contribution in [3.8, 4) is 44.5 Å². The van der Waals surface area contributed by atoms with Gasteiger partial charge in [0.15, 0.2) is 0 Å². The summed E-state index contributed by atoms with van der Waals surface area (Å²) >= 11 is 0. The number of fused-ring (bicyclic) bond motifs is 7. The Kier molecular flexibility index (Phi) is 7.91. The van der Waals surface area contributed by atoms with Crippen molar-refractivity contribution in [2.75, 3.05) is 4.90 Å². The SMILES string of the molecule is CC1(C)c2ccccc2-c2cc(N(c3ccc(-c4cccc5cccc(-c6ccccc6)c45)cc3)c3c(-c4ccccc4)c4ccccc4c4ccccc34)ccc21. The van der Waals surface area contributed by atoms with E-state index in [4.69, 9.17) is 0 Å². The molecule has 1 aliphatic rings. The molecule has 1 nitrogen and oxygen atoms in total. The first-order valence-electron chi connectivity index (χ1n) is 20.3. The van der Waals surface area contributed by atoms with Gasteiger partial charge in [0.1, 0.15) is 0 Å². The van der Waals surface area contributed by atoms with Crippen LogP contribution in [0.15, 0.2) is 212 Å². The van der Waals surface area contributed by atoms with E-state index in [0.29, 0.717) is 0 Å². The van der Waals surface area contributed by atoms with E-state index in [-0.39, 0.29) is 5.41 Å².